The number of hydrogen-bond donors (Lipinski definition) is 1. The van der Waals surface area contributed by atoms with Gasteiger partial charge in [-0.05, 0) is 19.1 Å². The summed E-state index contributed by atoms with van der Waals surface area (Å²) in [6.45, 7) is 2.28. The number of thiazole rings is 1. The van der Waals surface area contributed by atoms with Crippen molar-refractivity contribution in [2.45, 2.75) is 13.3 Å². The fourth-order valence-electron chi connectivity index (χ4n) is 1.46. The van der Waals surface area contributed by atoms with Gasteiger partial charge in [0.2, 0.25) is 0 Å². The number of aromatic nitrogens is 1. The average molecular weight is 285 g/mol. The third kappa shape index (κ3) is 2.65. The van der Waals surface area contributed by atoms with E-state index in [4.69, 9.17) is 17.0 Å². The molecule has 1 fully saturated rings. The summed E-state index contributed by atoms with van der Waals surface area (Å²) in [6, 6.07) is 0. The number of carbonyl (C=O) groups excluding carboxylic acids is 2. The minimum Gasteiger partial charge on any atom is -0.466 e. The van der Waals surface area contributed by atoms with Gasteiger partial charge < -0.3 is 10.1 Å². The molecule has 96 valence electrons. The third-order valence-electron chi connectivity index (χ3n) is 2.21. The van der Waals surface area contributed by atoms with Crippen molar-refractivity contribution < 1.29 is 14.3 Å². The van der Waals surface area contributed by atoms with Crippen molar-refractivity contribution in [3.8, 4) is 0 Å². The molecule has 0 atom stereocenters. The maximum absolute atomic E-state index is 11.6. The monoisotopic (exact) mass is 285 g/mol. The first-order valence-corrected chi connectivity index (χ1v) is 6.61. The van der Waals surface area contributed by atoms with Gasteiger partial charge in [-0.15, -0.1) is 11.3 Å². The van der Waals surface area contributed by atoms with Crippen LogP contribution in [0.4, 0.5) is 5.13 Å². The minimum absolute atomic E-state index is 0.104. The molecule has 1 aliphatic rings. The van der Waals surface area contributed by atoms with Crippen molar-refractivity contribution in [1.29, 1.82) is 0 Å². The summed E-state index contributed by atoms with van der Waals surface area (Å²) >= 11 is 6.28. The van der Waals surface area contributed by atoms with Gasteiger partial charge in [0, 0.05) is 5.38 Å². The molecule has 0 aliphatic carbocycles. The molecule has 0 radical (unpaired) electrons. The van der Waals surface area contributed by atoms with Crippen molar-refractivity contribution in [3.05, 3.63) is 11.1 Å². The van der Waals surface area contributed by atoms with Gasteiger partial charge in [-0.1, -0.05) is 0 Å². The molecule has 1 aromatic heterocycles. The summed E-state index contributed by atoms with van der Waals surface area (Å²) in [5.74, 6) is -0.472. The Morgan fingerprint density at radius 2 is 2.50 bits per heavy atom. The lowest BCUT2D eigenvalue weighted by Crippen LogP contribution is -2.30. The predicted molar refractivity (Wildman–Crippen MR) is 70.5 cm³/mol. The van der Waals surface area contributed by atoms with Crippen LogP contribution in [0.5, 0.6) is 0 Å². The van der Waals surface area contributed by atoms with Crippen LogP contribution in [0.2, 0.25) is 0 Å². The Morgan fingerprint density at radius 1 is 1.72 bits per heavy atom. The van der Waals surface area contributed by atoms with Gasteiger partial charge in [0.15, 0.2) is 10.2 Å². The quantitative estimate of drug-likeness (QED) is 0.640. The summed E-state index contributed by atoms with van der Waals surface area (Å²) in [7, 11) is 0. The summed E-state index contributed by atoms with van der Waals surface area (Å²) < 4.78 is 4.83. The standard InChI is InChI=1S/C10H11N3O3S2/c1-2-16-8(15)3-6-5-18-10(12-6)13-7(14)4-11-9(13)17/h5H,2-4H2,1H3,(H,11,17). The van der Waals surface area contributed by atoms with E-state index >= 15 is 0 Å². The maximum Gasteiger partial charge on any atom is 0.311 e. The van der Waals surface area contributed by atoms with Gasteiger partial charge in [0.1, 0.15) is 0 Å². The molecule has 0 unspecified atom stereocenters. The largest absolute Gasteiger partial charge is 0.466 e. The number of anilines is 1. The Balaban J connectivity index is 2.08. The van der Waals surface area contributed by atoms with E-state index in [0.717, 1.165) is 0 Å². The van der Waals surface area contributed by atoms with Gasteiger partial charge >= 0.3 is 5.97 Å². The molecular weight excluding hydrogens is 274 g/mol. The third-order valence-corrected chi connectivity index (χ3v) is 3.41. The van der Waals surface area contributed by atoms with Crippen LogP contribution in [0.15, 0.2) is 5.38 Å². The van der Waals surface area contributed by atoms with Crippen molar-refractivity contribution in [2.75, 3.05) is 18.1 Å². The molecule has 1 saturated heterocycles. The Bertz CT molecular complexity index is 484. The predicted octanol–water partition coefficient (Wildman–Crippen LogP) is 0.470. The van der Waals surface area contributed by atoms with E-state index in [1.54, 1.807) is 12.3 Å². The number of amides is 1. The number of esters is 1. The molecule has 0 aromatic carbocycles. The first-order valence-electron chi connectivity index (χ1n) is 5.32. The summed E-state index contributed by atoms with van der Waals surface area (Å²) in [6.07, 6.45) is 0.104. The lowest BCUT2D eigenvalue weighted by molar-refractivity contribution is -0.142. The number of nitrogens with one attached hydrogen (secondary N) is 1. The van der Waals surface area contributed by atoms with E-state index in [1.165, 1.54) is 16.2 Å². The summed E-state index contributed by atoms with van der Waals surface area (Å²) in [4.78, 5) is 28.4. The van der Waals surface area contributed by atoms with Crippen molar-refractivity contribution in [1.82, 2.24) is 10.3 Å². The van der Waals surface area contributed by atoms with Gasteiger partial charge in [-0.25, -0.2) is 9.88 Å². The van der Waals surface area contributed by atoms with Crippen LogP contribution in [0.25, 0.3) is 0 Å². The molecule has 2 rings (SSSR count). The zero-order valence-corrected chi connectivity index (χ0v) is 11.3. The van der Waals surface area contributed by atoms with Crippen molar-refractivity contribution in [2.24, 2.45) is 0 Å². The highest BCUT2D eigenvalue weighted by Gasteiger charge is 2.29. The number of hydrogen-bond acceptors (Lipinski definition) is 6. The second kappa shape index (κ2) is 5.40. The van der Waals surface area contributed by atoms with Gasteiger partial charge in [-0.3, -0.25) is 9.59 Å². The fourth-order valence-corrected chi connectivity index (χ4v) is 2.62. The highest BCUT2D eigenvalue weighted by Crippen LogP contribution is 2.23. The van der Waals surface area contributed by atoms with Gasteiger partial charge in [-0.2, -0.15) is 0 Å². The average Bonchev–Trinajstić information content (AvgIpc) is 2.87. The Morgan fingerprint density at radius 3 is 3.11 bits per heavy atom. The van der Waals surface area contributed by atoms with Crippen LogP contribution in [0.3, 0.4) is 0 Å². The fraction of sp³-hybridized carbons (Fsp3) is 0.400. The zero-order valence-electron chi connectivity index (χ0n) is 9.63. The Hall–Kier alpha value is -1.54. The van der Waals surface area contributed by atoms with Crippen molar-refractivity contribution in [3.63, 3.8) is 0 Å². The van der Waals surface area contributed by atoms with Crippen LogP contribution >= 0.6 is 23.6 Å². The van der Waals surface area contributed by atoms with Crippen molar-refractivity contribution >= 4 is 45.7 Å². The van der Waals surface area contributed by atoms with E-state index in [2.05, 4.69) is 10.3 Å². The molecule has 1 aliphatic heterocycles. The molecule has 6 nitrogen and oxygen atoms in total. The SMILES string of the molecule is CCOC(=O)Cc1csc(N2C(=O)CNC2=S)n1. The molecule has 2 heterocycles. The van der Waals surface area contributed by atoms with E-state index < -0.39 is 0 Å². The number of carbonyl (C=O) groups is 2. The second-order valence-corrected chi connectivity index (χ2v) is 4.71. The molecule has 8 heteroatoms. The molecule has 1 N–H and O–H groups in total. The van der Waals surface area contributed by atoms with E-state index in [0.29, 0.717) is 22.5 Å². The zero-order chi connectivity index (χ0) is 13.1. The molecule has 1 amide bonds. The van der Waals surface area contributed by atoms with E-state index in [-0.39, 0.29) is 24.8 Å². The number of nitrogens with zero attached hydrogens (tertiary/aromatic N) is 2. The van der Waals surface area contributed by atoms with E-state index in [9.17, 15) is 9.59 Å². The molecule has 0 saturated carbocycles. The smallest absolute Gasteiger partial charge is 0.311 e. The van der Waals surface area contributed by atoms with Crippen LogP contribution in [0, 0.1) is 0 Å². The highest BCUT2D eigenvalue weighted by molar-refractivity contribution is 7.80. The second-order valence-electron chi connectivity index (χ2n) is 3.49. The van der Waals surface area contributed by atoms with Crippen LogP contribution in [-0.4, -0.2) is 35.1 Å². The number of thiocarbonyl (C=S) groups is 1. The van der Waals surface area contributed by atoms with Gasteiger partial charge in [0.05, 0.1) is 25.3 Å². The van der Waals surface area contributed by atoms with Crippen LogP contribution in [-0.2, 0) is 20.7 Å². The topological polar surface area (TPSA) is 71.5 Å². The number of rotatable bonds is 4. The Kier molecular flexibility index (Phi) is 3.87. The Labute approximate surface area is 113 Å². The molecule has 1 aromatic rings. The van der Waals surface area contributed by atoms with Gasteiger partial charge in [0.25, 0.3) is 5.91 Å². The maximum atomic E-state index is 11.6. The first kappa shape index (κ1) is 12.9. The molecule has 0 bridgehead atoms. The first-order chi connectivity index (χ1) is 8.61. The normalized spacial score (nSPS) is 14.8. The van der Waals surface area contributed by atoms with E-state index in [1.807, 2.05) is 0 Å². The summed E-state index contributed by atoms with van der Waals surface area (Å²) in [5.41, 5.74) is 0.580. The lowest BCUT2D eigenvalue weighted by atomic mass is 10.3. The molecule has 0 spiro atoms. The van der Waals surface area contributed by atoms with Crippen LogP contribution in [0.1, 0.15) is 12.6 Å². The molecule has 18 heavy (non-hydrogen) atoms. The number of ether oxygens (including phenoxy) is 1. The molecular formula is C10H11N3O3S2. The summed E-state index contributed by atoms with van der Waals surface area (Å²) in [5, 5.41) is 5.32. The van der Waals surface area contributed by atoms with Crippen LogP contribution < -0.4 is 10.2 Å². The highest BCUT2D eigenvalue weighted by atomic mass is 32.1. The lowest BCUT2D eigenvalue weighted by Gasteiger charge is -2.09. The minimum atomic E-state index is -0.331.